The fraction of sp³-hybridized carbons (Fsp3) is 0. The highest BCUT2D eigenvalue weighted by Gasteiger charge is 2.14. The van der Waals surface area contributed by atoms with E-state index in [1.165, 1.54) is 0 Å². The van der Waals surface area contributed by atoms with Crippen LogP contribution in [0.5, 0.6) is 0 Å². The molecule has 0 aliphatic carbocycles. The number of fused-ring (bicyclic) bond motifs is 2. The van der Waals surface area contributed by atoms with Crippen molar-refractivity contribution >= 4 is 50.0 Å². The first kappa shape index (κ1) is 13.6. The number of rotatable bonds is 3. The summed E-state index contributed by atoms with van der Waals surface area (Å²) in [5.41, 5.74) is 10.4. The van der Waals surface area contributed by atoms with Gasteiger partial charge in [0.25, 0.3) is 5.91 Å². The predicted molar refractivity (Wildman–Crippen MR) is 91.0 cm³/mol. The normalized spacial score (nSPS) is 11.0. The SMILES string of the molecule is NC(=O)c1nc2ccccc2nc1Nc1ccc2ncsc2c1. The van der Waals surface area contributed by atoms with E-state index in [-0.39, 0.29) is 5.69 Å². The first-order valence-electron chi connectivity index (χ1n) is 6.87. The number of thiazole rings is 1. The van der Waals surface area contributed by atoms with Crippen molar-refractivity contribution in [2.45, 2.75) is 0 Å². The molecule has 6 nitrogen and oxygen atoms in total. The smallest absolute Gasteiger partial charge is 0.271 e. The predicted octanol–water partition coefficient (Wildman–Crippen LogP) is 3.08. The standard InChI is InChI=1S/C16H11N5OS/c17-15(22)14-16(21-11-4-2-1-3-10(11)20-14)19-9-5-6-12-13(7-9)23-8-18-12/h1-8H,(H2,17,22)(H,19,21). The fourth-order valence-corrected chi connectivity index (χ4v) is 3.04. The Balaban J connectivity index is 1.82. The number of anilines is 2. The molecule has 7 heteroatoms. The Morgan fingerprint density at radius 1 is 1.04 bits per heavy atom. The van der Waals surface area contributed by atoms with E-state index in [2.05, 4.69) is 20.3 Å². The second kappa shape index (κ2) is 5.29. The molecule has 2 heterocycles. The van der Waals surface area contributed by atoms with Crippen LogP contribution in [0.2, 0.25) is 0 Å². The van der Waals surface area contributed by atoms with E-state index in [0.717, 1.165) is 15.9 Å². The third-order valence-corrected chi connectivity index (χ3v) is 4.19. The van der Waals surface area contributed by atoms with Gasteiger partial charge in [-0.1, -0.05) is 12.1 Å². The van der Waals surface area contributed by atoms with Crippen LogP contribution < -0.4 is 11.1 Å². The summed E-state index contributed by atoms with van der Waals surface area (Å²) in [7, 11) is 0. The van der Waals surface area contributed by atoms with Crippen LogP contribution in [0.1, 0.15) is 10.5 Å². The lowest BCUT2D eigenvalue weighted by molar-refractivity contribution is 0.0996. The highest BCUT2D eigenvalue weighted by Crippen LogP contribution is 2.25. The van der Waals surface area contributed by atoms with Crippen molar-refractivity contribution in [3.8, 4) is 0 Å². The number of para-hydroxylation sites is 2. The Kier molecular flexibility index (Phi) is 3.13. The van der Waals surface area contributed by atoms with Crippen LogP contribution in [0, 0.1) is 0 Å². The zero-order chi connectivity index (χ0) is 15.8. The largest absolute Gasteiger partial charge is 0.364 e. The molecular formula is C16H11N5OS. The fourth-order valence-electron chi connectivity index (χ4n) is 2.33. The van der Waals surface area contributed by atoms with Gasteiger partial charge in [-0.25, -0.2) is 15.0 Å². The number of nitrogens with two attached hydrogens (primary N) is 1. The monoisotopic (exact) mass is 321 g/mol. The van der Waals surface area contributed by atoms with Gasteiger partial charge in [0, 0.05) is 5.69 Å². The topological polar surface area (TPSA) is 93.8 Å². The van der Waals surface area contributed by atoms with Gasteiger partial charge in [-0.15, -0.1) is 11.3 Å². The number of primary amides is 1. The molecule has 0 aliphatic rings. The van der Waals surface area contributed by atoms with Gasteiger partial charge < -0.3 is 11.1 Å². The number of carbonyl (C=O) groups excluding carboxylic acids is 1. The highest BCUT2D eigenvalue weighted by molar-refractivity contribution is 7.16. The second-order valence-electron chi connectivity index (χ2n) is 4.93. The van der Waals surface area contributed by atoms with E-state index in [4.69, 9.17) is 5.73 Å². The van der Waals surface area contributed by atoms with Gasteiger partial charge in [-0.05, 0) is 30.3 Å². The Morgan fingerprint density at radius 2 is 1.83 bits per heavy atom. The van der Waals surface area contributed by atoms with Gasteiger partial charge >= 0.3 is 0 Å². The van der Waals surface area contributed by atoms with Crippen molar-refractivity contribution in [1.29, 1.82) is 0 Å². The summed E-state index contributed by atoms with van der Waals surface area (Å²) in [6, 6.07) is 13.1. The number of amides is 1. The lowest BCUT2D eigenvalue weighted by Crippen LogP contribution is -2.16. The number of benzene rings is 2. The number of aromatic nitrogens is 3. The molecule has 0 atom stereocenters. The van der Waals surface area contributed by atoms with Crippen LogP contribution in [-0.4, -0.2) is 20.9 Å². The van der Waals surface area contributed by atoms with Crippen LogP contribution in [0.4, 0.5) is 11.5 Å². The summed E-state index contributed by atoms with van der Waals surface area (Å²) in [5.74, 6) is -0.273. The van der Waals surface area contributed by atoms with Gasteiger partial charge in [-0.2, -0.15) is 0 Å². The van der Waals surface area contributed by atoms with Crippen LogP contribution in [0.15, 0.2) is 48.0 Å². The van der Waals surface area contributed by atoms with E-state index in [9.17, 15) is 4.79 Å². The molecule has 112 valence electrons. The lowest BCUT2D eigenvalue weighted by Gasteiger charge is -2.10. The molecule has 0 saturated heterocycles. The van der Waals surface area contributed by atoms with Crippen molar-refractivity contribution in [3.63, 3.8) is 0 Å². The highest BCUT2D eigenvalue weighted by atomic mass is 32.1. The molecule has 2 aromatic carbocycles. The minimum absolute atomic E-state index is 0.119. The van der Waals surface area contributed by atoms with Crippen molar-refractivity contribution in [1.82, 2.24) is 15.0 Å². The van der Waals surface area contributed by atoms with E-state index in [1.54, 1.807) is 22.9 Å². The molecule has 0 bridgehead atoms. The average molecular weight is 321 g/mol. The number of nitrogens with one attached hydrogen (secondary N) is 1. The first-order valence-corrected chi connectivity index (χ1v) is 7.75. The number of carbonyl (C=O) groups is 1. The van der Waals surface area contributed by atoms with E-state index in [1.807, 2.05) is 36.4 Å². The van der Waals surface area contributed by atoms with Gasteiger partial charge in [0.15, 0.2) is 11.5 Å². The van der Waals surface area contributed by atoms with Crippen molar-refractivity contribution in [3.05, 3.63) is 53.7 Å². The van der Waals surface area contributed by atoms with Gasteiger partial charge in [0.05, 0.1) is 26.8 Å². The summed E-state index contributed by atoms with van der Waals surface area (Å²) in [5, 5.41) is 3.13. The van der Waals surface area contributed by atoms with Crippen molar-refractivity contribution in [2.24, 2.45) is 5.73 Å². The molecule has 4 aromatic rings. The van der Waals surface area contributed by atoms with E-state index < -0.39 is 5.91 Å². The number of hydrogen-bond acceptors (Lipinski definition) is 6. The van der Waals surface area contributed by atoms with Gasteiger partial charge in [-0.3, -0.25) is 4.79 Å². The molecule has 1 amide bonds. The van der Waals surface area contributed by atoms with E-state index >= 15 is 0 Å². The minimum Gasteiger partial charge on any atom is -0.364 e. The molecule has 0 spiro atoms. The first-order chi connectivity index (χ1) is 11.2. The summed E-state index contributed by atoms with van der Waals surface area (Å²) in [6.07, 6.45) is 0. The number of nitrogens with zero attached hydrogens (tertiary/aromatic N) is 3. The third kappa shape index (κ3) is 2.47. The molecule has 4 rings (SSSR count). The molecule has 0 aliphatic heterocycles. The Hall–Kier alpha value is -3.06. The maximum atomic E-state index is 11.7. The van der Waals surface area contributed by atoms with Crippen molar-refractivity contribution in [2.75, 3.05) is 5.32 Å². The van der Waals surface area contributed by atoms with Crippen molar-refractivity contribution < 1.29 is 4.79 Å². The summed E-state index contributed by atoms with van der Waals surface area (Å²) >= 11 is 1.55. The van der Waals surface area contributed by atoms with Crippen LogP contribution in [0.25, 0.3) is 21.3 Å². The average Bonchev–Trinajstić information content (AvgIpc) is 3.01. The molecule has 0 unspecified atom stereocenters. The molecule has 2 aromatic heterocycles. The Labute approximate surface area is 135 Å². The second-order valence-corrected chi connectivity index (χ2v) is 5.82. The number of hydrogen-bond donors (Lipinski definition) is 2. The summed E-state index contributed by atoms with van der Waals surface area (Å²) < 4.78 is 1.05. The zero-order valence-corrected chi connectivity index (χ0v) is 12.7. The van der Waals surface area contributed by atoms with Crippen LogP contribution in [-0.2, 0) is 0 Å². The maximum Gasteiger partial charge on any atom is 0.271 e. The molecule has 0 saturated carbocycles. The molecule has 3 N–H and O–H groups in total. The maximum absolute atomic E-state index is 11.7. The Morgan fingerprint density at radius 3 is 2.61 bits per heavy atom. The van der Waals surface area contributed by atoms with E-state index in [0.29, 0.717) is 16.9 Å². The van der Waals surface area contributed by atoms with Gasteiger partial charge in [0.2, 0.25) is 0 Å². The Bertz CT molecular complexity index is 1040. The van der Waals surface area contributed by atoms with Crippen LogP contribution in [0.3, 0.4) is 0 Å². The zero-order valence-electron chi connectivity index (χ0n) is 11.9. The summed E-state index contributed by atoms with van der Waals surface area (Å²) in [6.45, 7) is 0. The third-order valence-electron chi connectivity index (χ3n) is 3.40. The molecule has 23 heavy (non-hydrogen) atoms. The molecular weight excluding hydrogens is 310 g/mol. The quantitative estimate of drug-likeness (QED) is 0.605. The molecule has 0 fully saturated rings. The molecule has 0 radical (unpaired) electrons. The summed E-state index contributed by atoms with van der Waals surface area (Å²) in [4.78, 5) is 24.7. The minimum atomic E-state index is -0.621. The lowest BCUT2D eigenvalue weighted by atomic mass is 10.2. The van der Waals surface area contributed by atoms with Gasteiger partial charge in [0.1, 0.15) is 0 Å². The van der Waals surface area contributed by atoms with Crippen LogP contribution >= 0.6 is 11.3 Å².